The number of rotatable bonds is 6. The fourth-order valence-electron chi connectivity index (χ4n) is 1.40. The number of alkyl halides is 1. The van der Waals surface area contributed by atoms with Crippen molar-refractivity contribution in [1.82, 2.24) is 0 Å². The molecular formula is C12H16BrNO3. The molecule has 0 fully saturated rings. The zero-order chi connectivity index (χ0) is 12.8. The number of hydrogen-bond donors (Lipinski definition) is 0. The molecule has 0 spiro atoms. The van der Waals surface area contributed by atoms with E-state index in [0.717, 1.165) is 6.42 Å². The van der Waals surface area contributed by atoms with Crippen molar-refractivity contribution in [1.29, 1.82) is 0 Å². The third-order valence-electron chi connectivity index (χ3n) is 2.36. The summed E-state index contributed by atoms with van der Waals surface area (Å²) >= 11 is 3.24. The summed E-state index contributed by atoms with van der Waals surface area (Å²) in [5.74, 6) is 0.876. The molecule has 0 saturated heterocycles. The van der Waals surface area contributed by atoms with E-state index in [1.165, 1.54) is 0 Å². The zero-order valence-electron chi connectivity index (χ0n) is 9.98. The van der Waals surface area contributed by atoms with Gasteiger partial charge in [-0.05, 0) is 18.4 Å². The van der Waals surface area contributed by atoms with Crippen molar-refractivity contribution in [2.45, 2.75) is 25.6 Å². The summed E-state index contributed by atoms with van der Waals surface area (Å²) in [6, 6.07) is 5.14. The molecule has 1 aromatic rings. The van der Waals surface area contributed by atoms with Crippen LogP contribution in [0.4, 0.5) is 5.69 Å². The predicted octanol–water partition coefficient (Wildman–Crippen LogP) is 3.91. The molecule has 0 radical (unpaired) electrons. The molecule has 0 heterocycles. The molecule has 1 rings (SSSR count). The molecule has 4 nitrogen and oxygen atoms in total. The highest BCUT2D eigenvalue weighted by Crippen LogP contribution is 2.32. The van der Waals surface area contributed by atoms with Gasteiger partial charge in [-0.1, -0.05) is 41.9 Å². The van der Waals surface area contributed by atoms with Gasteiger partial charge in [-0.25, -0.2) is 0 Å². The number of nitrogens with zero attached hydrogens (tertiary/aromatic N) is 1. The van der Waals surface area contributed by atoms with Crippen LogP contribution in [-0.2, 0) is 5.33 Å². The summed E-state index contributed by atoms with van der Waals surface area (Å²) in [7, 11) is 0. The van der Waals surface area contributed by atoms with Crippen LogP contribution in [0.3, 0.4) is 0 Å². The van der Waals surface area contributed by atoms with Gasteiger partial charge in [0.2, 0.25) is 0 Å². The minimum absolute atomic E-state index is 0.0631. The van der Waals surface area contributed by atoms with Gasteiger partial charge < -0.3 is 4.74 Å². The van der Waals surface area contributed by atoms with Crippen molar-refractivity contribution < 1.29 is 9.66 Å². The van der Waals surface area contributed by atoms with Crippen LogP contribution < -0.4 is 4.74 Å². The van der Waals surface area contributed by atoms with Gasteiger partial charge in [-0.2, -0.15) is 0 Å². The first-order chi connectivity index (χ1) is 8.06. The Hall–Kier alpha value is -1.10. The zero-order valence-corrected chi connectivity index (χ0v) is 11.6. The fourth-order valence-corrected chi connectivity index (χ4v) is 1.86. The van der Waals surface area contributed by atoms with Crippen LogP contribution >= 0.6 is 15.9 Å². The molecule has 0 amide bonds. The Kier molecular flexibility index (Phi) is 5.41. The van der Waals surface area contributed by atoms with Crippen molar-refractivity contribution in [3.8, 4) is 5.75 Å². The molecule has 0 bridgehead atoms. The summed E-state index contributed by atoms with van der Waals surface area (Å²) < 4.78 is 5.49. The third-order valence-corrected chi connectivity index (χ3v) is 2.97. The van der Waals surface area contributed by atoms with E-state index in [1.54, 1.807) is 18.2 Å². The molecule has 0 aliphatic carbocycles. The van der Waals surface area contributed by atoms with Crippen molar-refractivity contribution in [3.05, 3.63) is 33.9 Å². The topological polar surface area (TPSA) is 52.4 Å². The van der Waals surface area contributed by atoms with Crippen LogP contribution in [-0.4, -0.2) is 11.5 Å². The maximum atomic E-state index is 11.0. The lowest BCUT2D eigenvalue weighted by Gasteiger charge is -2.09. The molecule has 0 atom stereocenters. The minimum atomic E-state index is -0.388. The molecule has 5 heteroatoms. The van der Waals surface area contributed by atoms with Gasteiger partial charge in [-0.3, -0.25) is 10.1 Å². The van der Waals surface area contributed by atoms with E-state index >= 15 is 0 Å². The summed E-state index contributed by atoms with van der Waals surface area (Å²) in [6.07, 6.45) is 0.885. The Balaban J connectivity index is 2.87. The van der Waals surface area contributed by atoms with Crippen molar-refractivity contribution in [3.63, 3.8) is 0 Å². The molecule has 0 N–H and O–H groups in total. The first kappa shape index (κ1) is 14.0. The smallest absolute Gasteiger partial charge is 0.314 e. The number of hydrogen-bond acceptors (Lipinski definition) is 3. The van der Waals surface area contributed by atoms with E-state index in [0.29, 0.717) is 29.2 Å². The van der Waals surface area contributed by atoms with Gasteiger partial charge in [0.05, 0.1) is 11.5 Å². The first-order valence-electron chi connectivity index (χ1n) is 5.51. The summed E-state index contributed by atoms with van der Waals surface area (Å²) in [6.45, 7) is 4.68. The SMILES string of the molecule is CC(C)CCOc1cccc(CBr)c1[N+](=O)[O-]. The molecule has 1 aromatic carbocycles. The molecule has 94 valence electrons. The van der Waals surface area contributed by atoms with E-state index in [-0.39, 0.29) is 10.6 Å². The lowest BCUT2D eigenvalue weighted by Crippen LogP contribution is -2.04. The van der Waals surface area contributed by atoms with Crippen LogP contribution in [0, 0.1) is 16.0 Å². The summed E-state index contributed by atoms with van der Waals surface area (Å²) in [5, 5.41) is 11.5. The monoisotopic (exact) mass is 301 g/mol. The normalized spacial score (nSPS) is 10.6. The van der Waals surface area contributed by atoms with Gasteiger partial charge in [-0.15, -0.1) is 0 Å². The molecule has 0 unspecified atom stereocenters. The van der Waals surface area contributed by atoms with Crippen LogP contribution in [0.1, 0.15) is 25.8 Å². The van der Waals surface area contributed by atoms with Gasteiger partial charge in [0.15, 0.2) is 5.75 Å². The summed E-state index contributed by atoms with van der Waals surface area (Å²) in [4.78, 5) is 10.6. The Morgan fingerprint density at radius 1 is 1.47 bits per heavy atom. The summed E-state index contributed by atoms with van der Waals surface area (Å²) in [5.41, 5.74) is 0.699. The van der Waals surface area contributed by atoms with Crippen LogP contribution in [0.5, 0.6) is 5.75 Å². The average Bonchev–Trinajstić information content (AvgIpc) is 2.27. The third kappa shape index (κ3) is 4.00. The second-order valence-electron chi connectivity index (χ2n) is 4.19. The highest BCUT2D eigenvalue weighted by Gasteiger charge is 2.19. The quantitative estimate of drug-likeness (QED) is 0.455. The largest absolute Gasteiger partial charge is 0.487 e. The Morgan fingerprint density at radius 3 is 2.71 bits per heavy atom. The lowest BCUT2D eigenvalue weighted by molar-refractivity contribution is -0.386. The van der Waals surface area contributed by atoms with Gasteiger partial charge in [0.1, 0.15) is 0 Å². The Morgan fingerprint density at radius 2 is 2.18 bits per heavy atom. The number of benzene rings is 1. The van der Waals surface area contributed by atoms with Crippen LogP contribution in [0.25, 0.3) is 0 Å². The Bertz CT molecular complexity index is 393. The molecular weight excluding hydrogens is 286 g/mol. The number of para-hydroxylation sites is 1. The van der Waals surface area contributed by atoms with Gasteiger partial charge >= 0.3 is 5.69 Å². The Labute approximate surface area is 109 Å². The molecule has 0 aliphatic rings. The maximum Gasteiger partial charge on any atom is 0.314 e. The molecule has 0 saturated carbocycles. The predicted molar refractivity (Wildman–Crippen MR) is 70.7 cm³/mol. The lowest BCUT2D eigenvalue weighted by atomic mass is 10.1. The molecule has 0 aliphatic heterocycles. The van der Waals surface area contributed by atoms with Crippen LogP contribution in [0.15, 0.2) is 18.2 Å². The van der Waals surface area contributed by atoms with E-state index in [1.807, 2.05) is 0 Å². The van der Waals surface area contributed by atoms with Gasteiger partial charge in [0, 0.05) is 10.9 Å². The standard InChI is InChI=1S/C12H16BrNO3/c1-9(2)6-7-17-11-5-3-4-10(8-13)12(11)14(15)16/h3-5,9H,6-8H2,1-2H3. The molecule has 0 aromatic heterocycles. The van der Waals surface area contributed by atoms with E-state index in [2.05, 4.69) is 29.8 Å². The highest BCUT2D eigenvalue weighted by atomic mass is 79.9. The van der Waals surface area contributed by atoms with E-state index < -0.39 is 0 Å². The number of ether oxygens (including phenoxy) is 1. The minimum Gasteiger partial charge on any atom is -0.487 e. The number of nitro benzene ring substituents is 1. The van der Waals surface area contributed by atoms with Crippen molar-refractivity contribution in [2.24, 2.45) is 5.92 Å². The van der Waals surface area contributed by atoms with Crippen molar-refractivity contribution >= 4 is 21.6 Å². The van der Waals surface area contributed by atoms with Crippen LogP contribution in [0.2, 0.25) is 0 Å². The van der Waals surface area contributed by atoms with Crippen molar-refractivity contribution in [2.75, 3.05) is 6.61 Å². The highest BCUT2D eigenvalue weighted by molar-refractivity contribution is 9.08. The average molecular weight is 302 g/mol. The maximum absolute atomic E-state index is 11.0. The second kappa shape index (κ2) is 6.59. The number of nitro groups is 1. The molecule has 17 heavy (non-hydrogen) atoms. The first-order valence-corrected chi connectivity index (χ1v) is 6.63. The number of halogens is 1. The fraction of sp³-hybridized carbons (Fsp3) is 0.500. The second-order valence-corrected chi connectivity index (χ2v) is 4.75. The van der Waals surface area contributed by atoms with E-state index in [4.69, 9.17) is 4.74 Å². The van der Waals surface area contributed by atoms with E-state index in [9.17, 15) is 10.1 Å². The van der Waals surface area contributed by atoms with Gasteiger partial charge in [0.25, 0.3) is 0 Å².